The van der Waals surface area contributed by atoms with Crippen molar-refractivity contribution in [2.45, 2.75) is 6.54 Å². The highest BCUT2D eigenvalue weighted by Crippen LogP contribution is 2.16. The normalized spacial score (nSPS) is 10.9. The van der Waals surface area contributed by atoms with E-state index in [4.69, 9.17) is 4.42 Å². The fourth-order valence-corrected chi connectivity index (χ4v) is 2.09. The molecule has 3 aromatic rings. The minimum absolute atomic E-state index is 0.000416. The highest BCUT2D eigenvalue weighted by Gasteiger charge is 2.18. The van der Waals surface area contributed by atoms with Gasteiger partial charge in [0.15, 0.2) is 23.0 Å². The van der Waals surface area contributed by atoms with Crippen LogP contribution in [0.5, 0.6) is 0 Å². The SMILES string of the molecule is O=C(NCc1ccc2oc(=O)[nH]c2c1)c1ccc(F)c(F)c1F. The lowest BCUT2D eigenvalue weighted by molar-refractivity contribution is 0.0945. The zero-order valence-electron chi connectivity index (χ0n) is 11.5. The molecule has 23 heavy (non-hydrogen) atoms. The van der Waals surface area contributed by atoms with Gasteiger partial charge in [-0.15, -0.1) is 0 Å². The van der Waals surface area contributed by atoms with Crippen molar-refractivity contribution in [3.63, 3.8) is 0 Å². The number of hydrogen-bond acceptors (Lipinski definition) is 3. The fourth-order valence-electron chi connectivity index (χ4n) is 2.09. The summed E-state index contributed by atoms with van der Waals surface area (Å²) < 4.78 is 44.3. The monoisotopic (exact) mass is 322 g/mol. The van der Waals surface area contributed by atoms with Crippen molar-refractivity contribution in [1.82, 2.24) is 10.3 Å². The zero-order chi connectivity index (χ0) is 16.6. The van der Waals surface area contributed by atoms with E-state index in [9.17, 15) is 22.8 Å². The van der Waals surface area contributed by atoms with Crippen molar-refractivity contribution in [2.75, 3.05) is 0 Å². The molecule has 2 N–H and O–H groups in total. The number of carbonyl (C=O) groups is 1. The van der Waals surface area contributed by atoms with Crippen LogP contribution < -0.4 is 11.1 Å². The van der Waals surface area contributed by atoms with Crippen LogP contribution in [0, 0.1) is 17.5 Å². The van der Waals surface area contributed by atoms with Crippen molar-refractivity contribution in [3.05, 3.63) is 69.5 Å². The molecule has 1 amide bonds. The Morgan fingerprint density at radius 3 is 2.70 bits per heavy atom. The Labute approximate surface area is 126 Å². The first-order chi connectivity index (χ1) is 11.0. The third-order valence-corrected chi connectivity index (χ3v) is 3.22. The quantitative estimate of drug-likeness (QED) is 0.728. The van der Waals surface area contributed by atoms with Gasteiger partial charge in [-0.2, -0.15) is 0 Å². The number of halogens is 3. The third-order valence-electron chi connectivity index (χ3n) is 3.22. The van der Waals surface area contributed by atoms with Crippen LogP contribution in [0.2, 0.25) is 0 Å². The molecular weight excluding hydrogens is 313 g/mol. The van der Waals surface area contributed by atoms with Crippen LogP contribution in [0.15, 0.2) is 39.5 Å². The highest BCUT2D eigenvalue weighted by atomic mass is 19.2. The molecule has 0 bridgehead atoms. The van der Waals surface area contributed by atoms with Crippen LogP contribution in [-0.4, -0.2) is 10.9 Å². The summed E-state index contributed by atoms with van der Waals surface area (Å²) >= 11 is 0. The maximum atomic E-state index is 13.5. The summed E-state index contributed by atoms with van der Waals surface area (Å²) in [4.78, 5) is 25.4. The lowest BCUT2D eigenvalue weighted by atomic mass is 10.1. The van der Waals surface area contributed by atoms with Gasteiger partial charge in [-0.05, 0) is 29.8 Å². The largest absolute Gasteiger partial charge is 0.417 e. The molecule has 0 aliphatic heterocycles. The van der Waals surface area contributed by atoms with Crippen LogP contribution in [0.4, 0.5) is 13.2 Å². The van der Waals surface area contributed by atoms with E-state index in [1.54, 1.807) is 12.1 Å². The Kier molecular flexibility index (Phi) is 3.65. The molecule has 0 radical (unpaired) electrons. The Morgan fingerprint density at radius 2 is 1.91 bits per heavy atom. The Hall–Kier alpha value is -3.03. The topological polar surface area (TPSA) is 75.1 Å². The predicted octanol–water partition coefficient (Wildman–Crippen LogP) is 2.47. The first kappa shape index (κ1) is 14.9. The second-order valence-corrected chi connectivity index (χ2v) is 4.75. The molecule has 1 heterocycles. The van der Waals surface area contributed by atoms with Crippen molar-refractivity contribution in [3.8, 4) is 0 Å². The lowest BCUT2D eigenvalue weighted by Gasteiger charge is -2.07. The first-order valence-electron chi connectivity index (χ1n) is 6.49. The maximum Gasteiger partial charge on any atom is 0.417 e. The summed E-state index contributed by atoms with van der Waals surface area (Å²) in [7, 11) is 0. The van der Waals surface area contributed by atoms with Crippen LogP contribution in [0.25, 0.3) is 11.1 Å². The van der Waals surface area contributed by atoms with Crippen LogP contribution >= 0.6 is 0 Å². The van der Waals surface area contributed by atoms with E-state index >= 15 is 0 Å². The molecule has 3 rings (SSSR count). The molecule has 8 heteroatoms. The van der Waals surface area contributed by atoms with Gasteiger partial charge in [-0.1, -0.05) is 6.07 Å². The summed E-state index contributed by atoms with van der Waals surface area (Å²) in [5.41, 5.74) is 0.810. The summed E-state index contributed by atoms with van der Waals surface area (Å²) in [5.74, 6) is -6.10. The molecule has 0 atom stereocenters. The molecule has 1 aromatic heterocycles. The number of aromatic amines is 1. The van der Waals surface area contributed by atoms with Gasteiger partial charge < -0.3 is 9.73 Å². The summed E-state index contributed by atoms with van der Waals surface area (Å²) in [6.07, 6.45) is 0. The number of H-pyrrole nitrogens is 1. The van der Waals surface area contributed by atoms with E-state index in [0.29, 0.717) is 22.7 Å². The molecule has 5 nitrogen and oxygen atoms in total. The van der Waals surface area contributed by atoms with Gasteiger partial charge in [-0.3, -0.25) is 9.78 Å². The Morgan fingerprint density at radius 1 is 1.13 bits per heavy atom. The van der Waals surface area contributed by atoms with Crippen molar-refractivity contribution in [1.29, 1.82) is 0 Å². The number of nitrogens with one attached hydrogen (secondary N) is 2. The van der Waals surface area contributed by atoms with Gasteiger partial charge in [0.25, 0.3) is 5.91 Å². The van der Waals surface area contributed by atoms with Crippen LogP contribution in [0.3, 0.4) is 0 Å². The van der Waals surface area contributed by atoms with E-state index < -0.39 is 34.7 Å². The van der Waals surface area contributed by atoms with E-state index in [-0.39, 0.29) is 6.54 Å². The molecule has 0 aliphatic carbocycles. The number of hydrogen-bond donors (Lipinski definition) is 2. The van der Waals surface area contributed by atoms with Gasteiger partial charge in [0, 0.05) is 6.54 Å². The third kappa shape index (κ3) is 2.83. The van der Waals surface area contributed by atoms with Crippen molar-refractivity contribution >= 4 is 17.0 Å². The number of amides is 1. The lowest BCUT2D eigenvalue weighted by Crippen LogP contribution is -2.24. The molecule has 118 valence electrons. The predicted molar refractivity (Wildman–Crippen MR) is 74.3 cm³/mol. The zero-order valence-corrected chi connectivity index (χ0v) is 11.5. The van der Waals surface area contributed by atoms with Gasteiger partial charge in [-0.25, -0.2) is 18.0 Å². The second-order valence-electron chi connectivity index (χ2n) is 4.75. The molecule has 0 saturated carbocycles. The minimum Gasteiger partial charge on any atom is -0.408 e. The van der Waals surface area contributed by atoms with Crippen LogP contribution in [-0.2, 0) is 6.54 Å². The number of benzene rings is 2. The minimum atomic E-state index is -1.70. The van der Waals surface area contributed by atoms with E-state index in [2.05, 4.69) is 10.3 Å². The number of fused-ring (bicyclic) bond motifs is 1. The second kappa shape index (κ2) is 5.64. The molecular formula is C15H9F3N2O3. The van der Waals surface area contributed by atoms with Gasteiger partial charge in [0.05, 0.1) is 11.1 Å². The fraction of sp³-hybridized carbons (Fsp3) is 0.0667. The molecule has 0 spiro atoms. The molecule has 2 aromatic carbocycles. The van der Waals surface area contributed by atoms with Crippen molar-refractivity contribution < 1.29 is 22.4 Å². The Balaban J connectivity index is 1.77. The first-order valence-corrected chi connectivity index (χ1v) is 6.49. The average molecular weight is 322 g/mol. The summed E-state index contributed by atoms with van der Waals surface area (Å²) in [6, 6.07) is 6.24. The Bertz CT molecular complexity index is 962. The number of carbonyl (C=O) groups excluding carboxylic acids is 1. The van der Waals surface area contributed by atoms with Gasteiger partial charge in [0.1, 0.15) is 0 Å². The molecule has 0 saturated heterocycles. The number of aromatic nitrogens is 1. The van der Waals surface area contributed by atoms with Gasteiger partial charge in [0.2, 0.25) is 0 Å². The molecule has 0 aliphatic rings. The smallest absolute Gasteiger partial charge is 0.408 e. The van der Waals surface area contributed by atoms with Gasteiger partial charge >= 0.3 is 5.76 Å². The van der Waals surface area contributed by atoms with E-state index in [1.165, 1.54) is 6.07 Å². The maximum absolute atomic E-state index is 13.5. The van der Waals surface area contributed by atoms with Crippen molar-refractivity contribution in [2.24, 2.45) is 0 Å². The summed E-state index contributed by atoms with van der Waals surface area (Å²) in [5, 5.41) is 2.38. The highest BCUT2D eigenvalue weighted by molar-refractivity contribution is 5.94. The molecule has 0 fully saturated rings. The standard InChI is InChI=1S/C15H9F3N2O3/c16-9-3-2-8(12(17)13(9)18)14(21)19-6-7-1-4-11-10(5-7)20-15(22)23-11/h1-5H,6H2,(H,19,21)(H,20,22). The average Bonchev–Trinajstić information content (AvgIpc) is 2.89. The number of oxazole rings is 1. The van der Waals surface area contributed by atoms with E-state index in [0.717, 1.165) is 6.07 Å². The number of rotatable bonds is 3. The van der Waals surface area contributed by atoms with Crippen LogP contribution in [0.1, 0.15) is 15.9 Å². The molecule has 0 unspecified atom stereocenters. The summed E-state index contributed by atoms with van der Waals surface area (Å²) in [6.45, 7) is 0.000416. The van der Waals surface area contributed by atoms with E-state index in [1.807, 2.05) is 0 Å².